The Bertz CT molecular complexity index is 440. The molecular formula is C11H15N3O2S. The van der Waals surface area contributed by atoms with Crippen LogP contribution in [0.3, 0.4) is 0 Å². The first kappa shape index (κ1) is 12.1. The lowest BCUT2D eigenvalue weighted by molar-refractivity contribution is -0.139. The number of rotatable bonds is 2. The van der Waals surface area contributed by atoms with Crippen LogP contribution in [0.5, 0.6) is 0 Å². The lowest BCUT2D eigenvalue weighted by atomic mass is 10.2. The first-order valence-electron chi connectivity index (χ1n) is 5.15. The summed E-state index contributed by atoms with van der Waals surface area (Å²) in [5, 5.41) is 3.38. The number of methoxy groups -OCH3 is 1. The molecule has 0 amide bonds. The van der Waals surface area contributed by atoms with Gasteiger partial charge in [0.2, 0.25) is 0 Å². The maximum Gasteiger partial charge on any atom is 0.325 e. The minimum absolute atomic E-state index is 0.311. The maximum absolute atomic E-state index is 11.6. The Hall–Kier alpha value is -1.40. The van der Waals surface area contributed by atoms with E-state index in [1.54, 1.807) is 0 Å². The fraction of sp³-hybridized carbons (Fsp3) is 0.364. The van der Waals surface area contributed by atoms with Crippen molar-refractivity contribution in [1.82, 2.24) is 10.0 Å². The Balaban J connectivity index is 2.38. The number of esters is 1. The average Bonchev–Trinajstić information content (AvgIpc) is 2.66. The molecule has 0 aliphatic carbocycles. The number of allylic oxidation sites excluding steroid dienone is 2. The van der Waals surface area contributed by atoms with Crippen LogP contribution in [0.2, 0.25) is 0 Å². The van der Waals surface area contributed by atoms with E-state index < -0.39 is 5.25 Å². The highest BCUT2D eigenvalue weighted by atomic mass is 32.2. The van der Waals surface area contributed by atoms with Gasteiger partial charge in [0.05, 0.1) is 18.5 Å². The van der Waals surface area contributed by atoms with Gasteiger partial charge in [-0.25, -0.2) is 5.01 Å². The number of fused-ring (bicyclic) bond motifs is 1. The van der Waals surface area contributed by atoms with Crippen molar-refractivity contribution in [3.8, 4) is 0 Å². The molecule has 2 aliphatic rings. The molecule has 6 heteroatoms. The molecule has 1 unspecified atom stereocenters. The minimum atomic E-state index is -0.441. The number of carbonyl (C=O) groups excluding carboxylic acids is 1. The zero-order chi connectivity index (χ0) is 12.6. The summed E-state index contributed by atoms with van der Waals surface area (Å²) in [6.45, 7) is 0. The van der Waals surface area contributed by atoms with Gasteiger partial charge in [-0.1, -0.05) is 0 Å². The van der Waals surface area contributed by atoms with Crippen LogP contribution in [0, 0.1) is 0 Å². The number of nitrogens with two attached hydrogens (primary N) is 1. The fourth-order valence-corrected chi connectivity index (χ4v) is 2.94. The van der Waals surface area contributed by atoms with Gasteiger partial charge in [-0.15, -0.1) is 11.8 Å². The maximum atomic E-state index is 11.6. The van der Waals surface area contributed by atoms with Gasteiger partial charge in [0.15, 0.2) is 0 Å². The minimum Gasteiger partial charge on any atom is -0.468 e. The van der Waals surface area contributed by atoms with Crippen molar-refractivity contribution in [3.05, 3.63) is 34.7 Å². The van der Waals surface area contributed by atoms with E-state index in [0.717, 1.165) is 10.6 Å². The molecule has 2 N–H and O–H groups in total. The molecule has 2 heterocycles. The second-order valence-corrected chi connectivity index (χ2v) is 5.04. The van der Waals surface area contributed by atoms with Crippen LogP contribution >= 0.6 is 11.8 Å². The van der Waals surface area contributed by atoms with Crippen LogP contribution in [0.4, 0.5) is 0 Å². The van der Waals surface area contributed by atoms with E-state index in [1.165, 1.54) is 18.9 Å². The van der Waals surface area contributed by atoms with Gasteiger partial charge < -0.3 is 10.5 Å². The van der Waals surface area contributed by atoms with Crippen molar-refractivity contribution in [2.75, 3.05) is 21.2 Å². The van der Waals surface area contributed by atoms with Gasteiger partial charge in [0, 0.05) is 25.2 Å². The summed E-state index contributed by atoms with van der Waals surface area (Å²) in [4.78, 5) is 12.6. The van der Waals surface area contributed by atoms with Crippen molar-refractivity contribution in [1.29, 1.82) is 0 Å². The highest BCUT2D eigenvalue weighted by molar-refractivity contribution is 8.05. The third kappa shape index (κ3) is 1.94. The SMILES string of the molecule is COC(=O)C1SC2=CC=CN(N(C)C)C2=C1N. The normalized spacial score (nSPS) is 22.9. The Morgan fingerprint density at radius 2 is 2.29 bits per heavy atom. The molecule has 0 radical (unpaired) electrons. The predicted octanol–water partition coefficient (Wildman–Crippen LogP) is 0.635. The van der Waals surface area contributed by atoms with Crippen LogP contribution in [-0.2, 0) is 9.53 Å². The van der Waals surface area contributed by atoms with Gasteiger partial charge in [-0.05, 0) is 12.2 Å². The van der Waals surface area contributed by atoms with E-state index in [0.29, 0.717) is 5.70 Å². The van der Waals surface area contributed by atoms with Crippen molar-refractivity contribution in [2.45, 2.75) is 5.25 Å². The summed E-state index contributed by atoms with van der Waals surface area (Å²) in [5.41, 5.74) is 7.47. The molecule has 0 aromatic rings. The van der Waals surface area contributed by atoms with Crippen LogP contribution in [0.25, 0.3) is 0 Å². The molecule has 0 fully saturated rings. The smallest absolute Gasteiger partial charge is 0.325 e. The average molecular weight is 253 g/mol. The topological polar surface area (TPSA) is 58.8 Å². The Morgan fingerprint density at radius 1 is 1.59 bits per heavy atom. The molecule has 0 spiro atoms. The van der Waals surface area contributed by atoms with Crippen LogP contribution in [0.1, 0.15) is 0 Å². The summed E-state index contributed by atoms with van der Waals surface area (Å²) in [7, 11) is 5.21. The molecular weight excluding hydrogens is 238 g/mol. The summed E-state index contributed by atoms with van der Waals surface area (Å²) in [5.74, 6) is -0.311. The van der Waals surface area contributed by atoms with Crippen molar-refractivity contribution < 1.29 is 9.53 Å². The van der Waals surface area contributed by atoms with E-state index in [9.17, 15) is 4.79 Å². The largest absolute Gasteiger partial charge is 0.468 e. The Kier molecular flexibility index (Phi) is 3.17. The third-order valence-electron chi connectivity index (χ3n) is 2.58. The van der Waals surface area contributed by atoms with Crippen molar-refractivity contribution in [2.24, 2.45) is 5.73 Å². The summed E-state index contributed by atoms with van der Waals surface area (Å²) < 4.78 is 4.75. The standard InChI is InChI=1S/C11H15N3O2S/c1-13(2)14-6-4-5-7-9(14)8(12)10(17-7)11(15)16-3/h4-6,10H,12H2,1-3H3. The van der Waals surface area contributed by atoms with Crippen LogP contribution in [-0.4, -0.2) is 42.4 Å². The van der Waals surface area contributed by atoms with Gasteiger partial charge in [-0.3, -0.25) is 9.80 Å². The van der Waals surface area contributed by atoms with Gasteiger partial charge in [0.25, 0.3) is 0 Å². The second kappa shape index (κ2) is 4.46. The van der Waals surface area contributed by atoms with E-state index in [1.807, 2.05) is 42.5 Å². The van der Waals surface area contributed by atoms with Crippen molar-refractivity contribution in [3.63, 3.8) is 0 Å². The van der Waals surface area contributed by atoms with E-state index in [2.05, 4.69) is 0 Å². The lowest BCUT2D eigenvalue weighted by Crippen LogP contribution is -2.34. The fourth-order valence-electron chi connectivity index (χ4n) is 1.78. The molecule has 2 rings (SSSR count). The number of hydrazine groups is 1. The third-order valence-corrected chi connectivity index (χ3v) is 3.85. The van der Waals surface area contributed by atoms with E-state index in [-0.39, 0.29) is 5.97 Å². The molecule has 0 bridgehead atoms. The zero-order valence-electron chi connectivity index (χ0n) is 10.0. The number of thioether (sulfide) groups is 1. The number of hydrogen-bond acceptors (Lipinski definition) is 6. The molecule has 1 atom stereocenters. The number of nitrogens with zero attached hydrogens (tertiary/aromatic N) is 2. The van der Waals surface area contributed by atoms with Crippen LogP contribution < -0.4 is 5.73 Å². The quantitative estimate of drug-likeness (QED) is 0.729. The molecule has 0 saturated heterocycles. The highest BCUT2D eigenvalue weighted by Crippen LogP contribution is 2.43. The van der Waals surface area contributed by atoms with Crippen LogP contribution in [0.15, 0.2) is 34.7 Å². The predicted molar refractivity (Wildman–Crippen MR) is 67.4 cm³/mol. The van der Waals surface area contributed by atoms with Gasteiger partial charge in [-0.2, -0.15) is 0 Å². The summed E-state index contributed by atoms with van der Waals surface area (Å²) in [6, 6.07) is 0. The molecule has 92 valence electrons. The van der Waals surface area contributed by atoms with Gasteiger partial charge >= 0.3 is 5.97 Å². The van der Waals surface area contributed by atoms with Gasteiger partial charge in [0.1, 0.15) is 5.25 Å². The number of ether oxygens (including phenoxy) is 1. The van der Waals surface area contributed by atoms with E-state index in [4.69, 9.17) is 10.5 Å². The molecule has 0 aromatic heterocycles. The zero-order valence-corrected chi connectivity index (χ0v) is 10.8. The monoisotopic (exact) mass is 253 g/mol. The molecule has 0 saturated carbocycles. The molecule has 0 aromatic carbocycles. The number of carbonyl (C=O) groups is 1. The Morgan fingerprint density at radius 3 is 2.88 bits per heavy atom. The lowest BCUT2D eigenvalue weighted by Gasteiger charge is -2.31. The molecule has 5 nitrogen and oxygen atoms in total. The van der Waals surface area contributed by atoms with E-state index >= 15 is 0 Å². The summed E-state index contributed by atoms with van der Waals surface area (Å²) >= 11 is 1.42. The highest BCUT2D eigenvalue weighted by Gasteiger charge is 2.37. The molecule has 2 aliphatic heterocycles. The summed E-state index contributed by atoms with van der Waals surface area (Å²) in [6.07, 6.45) is 5.79. The Labute approximate surface area is 105 Å². The first-order chi connectivity index (χ1) is 8.06. The molecule has 17 heavy (non-hydrogen) atoms. The first-order valence-corrected chi connectivity index (χ1v) is 6.03. The van der Waals surface area contributed by atoms with Crippen molar-refractivity contribution >= 4 is 17.7 Å². The second-order valence-electron chi connectivity index (χ2n) is 3.89. The number of hydrogen-bond donors (Lipinski definition) is 1.